The van der Waals surface area contributed by atoms with E-state index in [0.717, 1.165) is 16.5 Å². The zero-order chi connectivity index (χ0) is 30.6. The Hall–Kier alpha value is -4.23. The van der Waals surface area contributed by atoms with Crippen LogP contribution in [-0.2, 0) is 32.0 Å². The lowest BCUT2D eigenvalue weighted by atomic mass is 9.96. The summed E-state index contributed by atoms with van der Waals surface area (Å²) in [5.74, 6) is -3.21. The van der Waals surface area contributed by atoms with E-state index in [2.05, 4.69) is 30.9 Å². The molecule has 3 aromatic rings. The van der Waals surface area contributed by atoms with Gasteiger partial charge in [0.2, 0.25) is 17.7 Å². The lowest BCUT2D eigenvalue weighted by Crippen LogP contribution is -2.59. The topological polar surface area (TPSA) is 221 Å². The second kappa shape index (κ2) is 15.7. The van der Waals surface area contributed by atoms with Gasteiger partial charge in [-0.15, -0.1) is 0 Å². The van der Waals surface area contributed by atoms with Crippen molar-refractivity contribution >= 4 is 34.6 Å². The van der Waals surface area contributed by atoms with E-state index in [9.17, 15) is 24.3 Å². The largest absolute Gasteiger partial charge is 0.480 e. The smallest absolute Gasteiger partial charge is 0.326 e. The third-order valence-electron chi connectivity index (χ3n) is 7.42. The first kappa shape index (κ1) is 32.3. The predicted molar refractivity (Wildman–Crippen MR) is 158 cm³/mol. The molecular formula is C29H42N8O5. The Labute approximate surface area is 244 Å². The molecule has 0 spiro atoms. The highest BCUT2D eigenvalue weighted by atomic mass is 16.4. The number of para-hydroxylation sites is 1. The van der Waals surface area contributed by atoms with Gasteiger partial charge in [0.05, 0.1) is 12.4 Å². The van der Waals surface area contributed by atoms with E-state index in [-0.39, 0.29) is 25.2 Å². The number of H-pyrrole nitrogens is 2. The van der Waals surface area contributed by atoms with Crippen molar-refractivity contribution in [2.45, 2.75) is 76.5 Å². The number of aromatic nitrogens is 3. The van der Waals surface area contributed by atoms with Gasteiger partial charge in [0.1, 0.15) is 18.1 Å². The van der Waals surface area contributed by atoms with Gasteiger partial charge in [-0.1, -0.05) is 38.5 Å². The molecule has 2 heterocycles. The van der Waals surface area contributed by atoms with Crippen LogP contribution < -0.4 is 27.4 Å². The fourth-order valence-electron chi connectivity index (χ4n) is 4.70. The van der Waals surface area contributed by atoms with Crippen molar-refractivity contribution in [1.29, 1.82) is 0 Å². The maximum atomic E-state index is 13.7. The highest BCUT2D eigenvalue weighted by Crippen LogP contribution is 2.20. The van der Waals surface area contributed by atoms with Crippen LogP contribution in [0.4, 0.5) is 0 Å². The minimum atomic E-state index is -1.16. The number of rotatable bonds is 17. The molecule has 5 atom stereocenters. The Balaban J connectivity index is 1.81. The molecule has 0 aliphatic rings. The first-order chi connectivity index (χ1) is 20.1. The molecule has 42 heavy (non-hydrogen) atoms. The molecule has 0 saturated heterocycles. The van der Waals surface area contributed by atoms with Crippen molar-refractivity contribution in [2.75, 3.05) is 6.54 Å². The maximum Gasteiger partial charge on any atom is 0.326 e. The van der Waals surface area contributed by atoms with Gasteiger partial charge in [0.15, 0.2) is 0 Å². The number of fused-ring (bicyclic) bond motifs is 1. The van der Waals surface area contributed by atoms with Crippen LogP contribution in [0.2, 0.25) is 0 Å². The summed E-state index contributed by atoms with van der Waals surface area (Å²) < 4.78 is 0. The number of aliphatic carboxylic acids is 1. The van der Waals surface area contributed by atoms with Crippen molar-refractivity contribution in [3.05, 3.63) is 54.2 Å². The normalized spacial score (nSPS) is 14.9. The molecule has 3 rings (SSSR count). The highest BCUT2D eigenvalue weighted by molar-refractivity contribution is 5.95. The second-order valence-corrected chi connectivity index (χ2v) is 10.6. The summed E-state index contributed by atoms with van der Waals surface area (Å²) in [4.78, 5) is 62.0. The average molecular weight is 583 g/mol. The average Bonchev–Trinajstić information content (AvgIpc) is 3.64. The summed E-state index contributed by atoms with van der Waals surface area (Å²) in [6.45, 7) is 4.08. The number of amides is 3. The van der Waals surface area contributed by atoms with Gasteiger partial charge in [0.25, 0.3) is 0 Å². The van der Waals surface area contributed by atoms with Crippen LogP contribution in [0.1, 0.15) is 50.8 Å². The van der Waals surface area contributed by atoms with E-state index in [4.69, 9.17) is 11.5 Å². The molecule has 5 unspecified atom stereocenters. The Morgan fingerprint density at radius 2 is 1.71 bits per heavy atom. The molecule has 0 saturated carbocycles. The minimum Gasteiger partial charge on any atom is -0.480 e. The number of benzene rings is 1. The van der Waals surface area contributed by atoms with E-state index in [1.165, 1.54) is 6.33 Å². The molecule has 0 fully saturated rings. The van der Waals surface area contributed by atoms with Gasteiger partial charge in [0, 0.05) is 41.8 Å². The number of imidazole rings is 1. The van der Waals surface area contributed by atoms with Gasteiger partial charge in [-0.3, -0.25) is 14.4 Å². The Kier molecular flexibility index (Phi) is 12.1. The van der Waals surface area contributed by atoms with Gasteiger partial charge in [-0.05, 0) is 43.4 Å². The molecule has 2 aromatic heterocycles. The number of aromatic amines is 2. The highest BCUT2D eigenvalue weighted by Gasteiger charge is 2.33. The predicted octanol–water partition coefficient (Wildman–Crippen LogP) is 0.718. The zero-order valence-electron chi connectivity index (χ0n) is 24.1. The van der Waals surface area contributed by atoms with Crippen molar-refractivity contribution < 1.29 is 24.3 Å². The third kappa shape index (κ3) is 8.88. The molecule has 0 aliphatic carbocycles. The van der Waals surface area contributed by atoms with Crippen LogP contribution in [-0.4, -0.2) is 74.5 Å². The van der Waals surface area contributed by atoms with Crippen molar-refractivity contribution in [2.24, 2.45) is 17.4 Å². The van der Waals surface area contributed by atoms with E-state index < -0.39 is 47.9 Å². The fraction of sp³-hybridized carbons (Fsp3) is 0.483. The van der Waals surface area contributed by atoms with E-state index in [0.29, 0.717) is 31.5 Å². The lowest BCUT2D eigenvalue weighted by molar-refractivity contribution is -0.143. The van der Waals surface area contributed by atoms with Crippen LogP contribution in [0.3, 0.4) is 0 Å². The monoisotopic (exact) mass is 582 g/mol. The fourth-order valence-corrected chi connectivity index (χ4v) is 4.70. The first-order valence-electron chi connectivity index (χ1n) is 14.3. The molecule has 10 N–H and O–H groups in total. The molecular weight excluding hydrogens is 540 g/mol. The van der Waals surface area contributed by atoms with Crippen LogP contribution >= 0.6 is 0 Å². The number of carbonyl (C=O) groups excluding carboxylic acids is 3. The summed E-state index contributed by atoms with van der Waals surface area (Å²) in [6.07, 6.45) is 7.06. The second-order valence-electron chi connectivity index (χ2n) is 10.6. The first-order valence-corrected chi connectivity index (χ1v) is 14.3. The van der Waals surface area contributed by atoms with Crippen LogP contribution in [0.25, 0.3) is 10.9 Å². The zero-order valence-corrected chi connectivity index (χ0v) is 24.1. The van der Waals surface area contributed by atoms with E-state index >= 15 is 0 Å². The number of hydrogen-bond acceptors (Lipinski definition) is 7. The molecule has 0 aliphatic heterocycles. The van der Waals surface area contributed by atoms with Crippen LogP contribution in [0, 0.1) is 5.92 Å². The summed E-state index contributed by atoms with van der Waals surface area (Å²) in [7, 11) is 0. The van der Waals surface area contributed by atoms with E-state index in [1.54, 1.807) is 19.3 Å². The van der Waals surface area contributed by atoms with Crippen molar-refractivity contribution in [3.8, 4) is 0 Å². The Morgan fingerprint density at radius 3 is 2.38 bits per heavy atom. The molecule has 13 nitrogen and oxygen atoms in total. The summed E-state index contributed by atoms with van der Waals surface area (Å²) >= 11 is 0. The number of nitrogens with two attached hydrogens (primary N) is 2. The number of carboxylic acid groups (broad SMARTS) is 1. The molecule has 228 valence electrons. The Bertz CT molecular complexity index is 1320. The Morgan fingerprint density at radius 1 is 0.976 bits per heavy atom. The molecule has 0 radical (unpaired) electrons. The van der Waals surface area contributed by atoms with Crippen LogP contribution in [0.15, 0.2) is 43.0 Å². The van der Waals surface area contributed by atoms with Gasteiger partial charge >= 0.3 is 5.97 Å². The standard InChI is InChI=1S/C29H42N8O5/c1-3-17(2)25(28(40)35-23(29(41)42)10-6-7-11-30)37-27(39)24(12-18-14-33-22-9-5-4-8-20(18)22)36-26(38)21(31)13-19-15-32-16-34-19/h4-5,8-9,14-17,21,23-25,33H,3,6-7,10-13,30-31H2,1-2H3,(H,32,34)(H,35,40)(H,36,38)(H,37,39)(H,41,42). The van der Waals surface area contributed by atoms with E-state index in [1.807, 2.05) is 31.2 Å². The van der Waals surface area contributed by atoms with Crippen molar-refractivity contribution in [3.63, 3.8) is 0 Å². The number of nitrogens with one attached hydrogen (secondary N) is 5. The number of nitrogens with zero attached hydrogens (tertiary/aromatic N) is 1. The van der Waals surface area contributed by atoms with Crippen molar-refractivity contribution in [1.82, 2.24) is 30.9 Å². The maximum absolute atomic E-state index is 13.7. The SMILES string of the molecule is CCC(C)C(NC(=O)C(Cc1c[nH]c2ccccc12)NC(=O)C(N)Cc1cnc[nH]1)C(=O)NC(CCCCN)C(=O)O. The molecule has 1 aromatic carbocycles. The summed E-state index contributed by atoms with van der Waals surface area (Å²) in [5, 5.41) is 18.7. The number of carbonyl (C=O) groups is 4. The molecule has 0 bridgehead atoms. The number of hydrogen-bond donors (Lipinski definition) is 8. The number of unbranched alkanes of at least 4 members (excludes halogenated alkanes) is 1. The lowest BCUT2D eigenvalue weighted by Gasteiger charge is -2.28. The molecule has 13 heteroatoms. The van der Waals surface area contributed by atoms with Crippen LogP contribution in [0.5, 0.6) is 0 Å². The van der Waals surface area contributed by atoms with Gasteiger partial charge < -0.3 is 42.5 Å². The summed E-state index contributed by atoms with van der Waals surface area (Å²) in [6, 6.07) is 3.42. The number of carboxylic acids is 1. The van der Waals surface area contributed by atoms with Gasteiger partial charge in [-0.2, -0.15) is 0 Å². The molecule has 3 amide bonds. The quantitative estimate of drug-likeness (QED) is 0.106. The van der Waals surface area contributed by atoms with Gasteiger partial charge in [-0.25, -0.2) is 9.78 Å². The third-order valence-corrected chi connectivity index (χ3v) is 7.42. The summed E-state index contributed by atoms with van der Waals surface area (Å²) in [5.41, 5.74) is 14.0. The minimum absolute atomic E-state index is 0.129.